The van der Waals surface area contributed by atoms with Gasteiger partial charge in [-0.2, -0.15) is 13.2 Å². The van der Waals surface area contributed by atoms with Gasteiger partial charge in [0, 0.05) is 12.5 Å². The Kier molecular flexibility index (Phi) is 8.04. The second-order valence-electron chi connectivity index (χ2n) is 7.75. The fraction of sp³-hybridized carbons (Fsp3) is 0.318. The Morgan fingerprint density at radius 3 is 2.53 bits per heavy atom. The fourth-order valence-corrected chi connectivity index (χ4v) is 3.56. The van der Waals surface area contributed by atoms with Crippen LogP contribution in [0.25, 0.3) is 0 Å². The van der Waals surface area contributed by atoms with Crippen LogP contribution in [-0.2, 0) is 4.79 Å². The number of imide groups is 1. The Labute approximate surface area is 206 Å². The van der Waals surface area contributed by atoms with E-state index < -0.39 is 77.1 Å². The highest BCUT2D eigenvalue weighted by molar-refractivity contribution is 6.34. The van der Waals surface area contributed by atoms with Crippen LogP contribution in [0, 0.1) is 11.6 Å². The number of nitrogens with one attached hydrogen (secondary N) is 2. The summed E-state index contributed by atoms with van der Waals surface area (Å²) in [7, 11) is 0. The molecular weight excluding hydrogens is 517 g/mol. The first-order valence-electron chi connectivity index (χ1n) is 10.4. The van der Waals surface area contributed by atoms with Crippen LogP contribution in [0.2, 0.25) is 5.02 Å². The lowest BCUT2D eigenvalue weighted by Crippen LogP contribution is -2.43. The van der Waals surface area contributed by atoms with Crippen LogP contribution in [0.15, 0.2) is 30.3 Å². The minimum atomic E-state index is -4.88. The first-order valence-corrected chi connectivity index (χ1v) is 10.8. The zero-order chi connectivity index (χ0) is 26.8. The highest BCUT2D eigenvalue weighted by Crippen LogP contribution is 2.33. The lowest BCUT2D eigenvalue weighted by molar-refractivity contribution is -0.189. The minimum absolute atomic E-state index is 0.0453. The van der Waals surface area contributed by atoms with Crippen LogP contribution in [0.1, 0.15) is 30.1 Å². The highest BCUT2D eigenvalue weighted by Gasteiger charge is 2.39. The molecule has 8 nitrogen and oxygen atoms in total. The van der Waals surface area contributed by atoms with Gasteiger partial charge in [0.25, 0.3) is 5.91 Å². The van der Waals surface area contributed by atoms with Crippen molar-refractivity contribution in [2.24, 2.45) is 0 Å². The Morgan fingerprint density at radius 2 is 1.92 bits per heavy atom. The molecule has 0 saturated carbocycles. The number of urea groups is 1. The smallest absolute Gasteiger partial charge is 0.425 e. The van der Waals surface area contributed by atoms with E-state index in [2.05, 4.69) is 5.32 Å². The number of amides is 4. The molecule has 36 heavy (non-hydrogen) atoms. The van der Waals surface area contributed by atoms with Crippen molar-refractivity contribution in [3.05, 3.63) is 52.6 Å². The van der Waals surface area contributed by atoms with E-state index in [0.717, 1.165) is 6.07 Å². The van der Waals surface area contributed by atoms with Gasteiger partial charge in [-0.1, -0.05) is 17.7 Å². The van der Waals surface area contributed by atoms with E-state index in [0.29, 0.717) is 24.0 Å². The number of halogens is 6. The topological polar surface area (TPSA) is 108 Å². The summed E-state index contributed by atoms with van der Waals surface area (Å²) in [6.45, 7) is 0.0859. The summed E-state index contributed by atoms with van der Waals surface area (Å²) in [4.78, 5) is 37.9. The first-order chi connectivity index (χ1) is 16.8. The standard InChI is InChI=1S/C22H19ClF5N3O5/c1-10(22(26,27)28)36-17-8-16(29-21(35)31-11(9-32)5-6-18(31)33)15(25)7-12(17)20(34)30-19-13(23)3-2-4-14(19)24/h2-4,7-8,10-11,32H,5-6,9H2,1H3,(H,29,35)(H,30,34). The average Bonchev–Trinajstić information content (AvgIpc) is 3.18. The molecule has 0 bridgehead atoms. The number of likely N-dealkylation sites (tertiary alicyclic amines) is 1. The summed E-state index contributed by atoms with van der Waals surface area (Å²) in [5.41, 5.74) is -1.97. The molecule has 1 heterocycles. The molecule has 1 aliphatic rings. The normalized spacial score (nSPS) is 16.6. The number of carbonyl (C=O) groups is 3. The molecule has 2 unspecified atom stereocenters. The summed E-state index contributed by atoms with van der Waals surface area (Å²) >= 11 is 5.85. The third kappa shape index (κ3) is 5.85. The summed E-state index contributed by atoms with van der Waals surface area (Å²) in [6.07, 6.45) is -7.22. The molecule has 3 rings (SSSR count). The molecule has 2 aromatic rings. The number of alkyl halides is 3. The van der Waals surface area contributed by atoms with Crippen LogP contribution in [-0.4, -0.2) is 52.8 Å². The molecule has 1 fully saturated rings. The minimum Gasteiger partial charge on any atom is -0.480 e. The number of aliphatic hydroxyl groups is 1. The van der Waals surface area contributed by atoms with Crippen molar-refractivity contribution in [3.8, 4) is 5.75 Å². The predicted molar refractivity (Wildman–Crippen MR) is 118 cm³/mol. The van der Waals surface area contributed by atoms with Crippen LogP contribution < -0.4 is 15.4 Å². The lowest BCUT2D eigenvalue weighted by Gasteiger charge is -2.23. The number of aliphatic hydroxyl groups excluding tert-OH is 1. The zero-order valence-corrected chi connectivity index (χ0v) is 19.2. The van der Waals surface area contributed by atoms with Gasteiger partial charge in [0.15, 0.2) is 6.10 Å². The maximum absolute atomic E-state index is 14.9. The molecule has 0 aliphatic carbocycles. The van der Waals surface area contributed by atoms with Crippen molar-refractivity contribution in [3.63, 3.8) is 0 Å². The molecule has 0 spiro atoms. The van der Waals surface area contributed by atoms with E-state index in [1.165, 1.54) is 12.1 Å². The quantitative estimate of drug-likeness (QED) is 0.464. The fourth-order valence-electron chi connectivity index (χ4n) is 3.35. The number of ether oxygens (including phenoxy) is 1. The van der Waals surface area contributed by atoms with Gasteiger partial charge in [0.05, 0.1) is 34.6 Å². The number of anilines is 2. The van der Waals surface area contributed by atoms with Crippen molar-refractivity contribution < 1.29 is 46.2 Å². The number of carbonyl (C=O) groups excluding carboxylic acids is 3. The number of nitrogens with zero attached hydrogens (tertiary/aromatic N) is 1. The summed E-state index contributed by atoms with van der Waals surface area (Å²) in [5.74, 6) is -4.93. The molecule has 1 aliphatic heterocycles. The third-order valence-electron chi connectivity index (χ3n) is 5.28. The maximum atomic E-state index is 14.9. The monoisotopic (exact) mass is 535 g/mol. The Bertz CT molecular complexity index is 1170. The molecule has 0 radical (unpaired) electrons. The average molecular weight is 536 g/mol. The second-order valence-corrected chi connectivity index (χ2v) is 8.16. The van der Waals surface area contributed by atoms with E-state index in [-0.39, 0.29) is 17.9 Å². The van der Waals surface area contributed by atoms with Crippen molar-refractivity contribution >= 4 is 40.8 Å². The van der Waals surface area contributed by atoms with Crippen LogP contribution >= 0.6 is 11.6 Å². The Balaban J connectivity index is 1.98. The molecule has 194 valence electrons. The number of para-hydroxylation sites is 1. The van der Waals surface area contributed by atoms with Crippen molar-refractivity contribution in [2.45, 2.75) is 38.1 Å². The SMILES string of the molecule is CC(Oc1cc(NC(=O)N2C(=O)CCC2CO)c(F)cc1C(=O)Nc1c(F)cccc1Cl)C(F)(F)F. The van der Waals surface area contributed by atoms with Gasteiger partial charge in [-0.25, -0.2) is 13.6 Å². The van der Waals surface area contributed by atoms with Gasteiger partial charge >= 0.3 is 12.2 Å². The van der Waals surface area contributed by atoms with E-state index in [1.807, 2.05) is 5.32 Å². The second kappa shape index (κ2) is 10.7. The number of benzene rings is 2. The van der Waals surface area contributed by atoms with Crippen LogP contribution in [0.4, 0.5) is 38.1 Å². The number of hydrogen-bond acceptors (Lipinski definition) is 5. The summed E-state index contributed by atoms with van der Waals surface area (Å²) in [5, 5.41) is 13.2. The summed E-state index contributed by atoms with van der Waals surface area (Å²) < 4.78 is 73.2. The predicted octanol–water partition coefficient (Wildman–Crippen LogP) is 4.72. The van der Waals surface area contributed by atoms with Gasteiger partial charge in [-0.15, -0.1) is 0 Å². The van der Waals surface area contributed by atoms with Gasteiger partial charge in [0.2, 0.25) is 5.91 Å². The van der Waals surface area contributed by atoms with Gasteiger partial charge in [-0.05, 0) is 31.5 Å². The molecule has 14 heteroatoms. The molecule has 1 saturated heterocycles. The molecule has 2 atom stereocenters. The molecule has 4 amide bonds. The molecule has 0 aromatic heterocycles. The van der Waals surface area contributed by atoms with Gasteiger partial charge in [0.1, 0.15) is 17.4 Å². The largest absolute Gasteiger partial charge is 0.480 e. The molecular formula is C22H19ClF5N3O5. The zero-order valence-electron chi connectivity index (χ0n) is 18.5. The highest BCUT2D eigenvalue weighted by atomic mass is 35.5. The number of hydrogen-bond donors (Lipinski definition) is 3. The van der Waals surface area contributed by atoms with E-state index >= 15 is 0 Å². The lowest BCUT2D eigenvalue weighted by atomic mass is 10.1. The van der Waals surface area contributed by atoms with Crippen molar-refractivity contribution in [2.75, 3.05) is 17.2 Å². The van der Waals surface area contributed by atoms with Crippen LogP contribution in [0.5, 0.6) is 5.75 Å². The third-order valence-corrected chi connectivity index (χ3v) is 5.59. The van der Waals surface area contributed by atoms with Crippen molar-refractivity contribution in [1.29, 1.82) is 0 Å². The maximum Gasteiger partial charge on any atom is 0.425 e. The first kappa shape index (κ1) is 27.1. The van der Waals surface area contributed by atoms with E-state index in [1.54, 1.807) is 0 Å². The van der Waals surface area contributed by atoms with Crippen molar-refractivity contribution in [1.82, 2.24) is 4.90 Å². The van der Waals surface area contributed by atoms with E-state index in [9.17, 15) is 41.4 Å². The van der Waals surface area contributed by atoms with Crippen LogP contribution in [0.3, 0.4) is 0 Å². The summed E-state index contributed by atoms with van der Waals surface area (Å²) in [6, 6.07) is 2.55. The number of rotatable bonds is 6. The molecule has 2 aromatic carbocycles. The van der Waals surface area contributed by atoms with E-state index in [4.69, 9.17) is 16.3 Å². The Hall–Kier alpha value is -3.45. The van der Waals surface area contributed by atoms with Gasteiger partial charge < -0.3 is 20.5 Å². The van der Waals surface area contributed by atoms with Gasteiger partial charge in [-0.3, -0.25) is 14.5 Å². The Morgan fingerprint density at radius 1 is 1.22 bits per heavy atom. The molecule has 3 N–H and O–H groups in total.